The van der Waals surface area contributed by atoms with Gasteiger partial charge >= 0.3 is 0 Å². The third-order valence-corrected chi connectivity index (χ3v) is 4.99. The van der Waals surface area contributed by atoms with E-state index in [0.717, 1.165) is 15.8 Å². The van der Waals surface area contributed by atoms with Crippen LogP contribution in [0.5, 0.6) is 17.2 Å². The minimum Gasteiger partial charge on any atom is -0.492 e. The lowest BCUT2D eigenvalue weighted by molar-refractivity contribution is 0.0773. The number of pyridine rings is 1. The predicted molar refractivity (Wildman–Crippen MR) is 123 cm³/mol. The lowest BCUT2D eigenvalue weighted by atomic mass is 10.1. The van der Waals surface area contributed by atoms with Crippen molar-refractivity contribution in [1.29, 1.82) is 0 Å². The largest absolute Gasteiger partial charge is 0.492 e. The second kappa shape index (κ2) is 11.4. The minimum atomic E-state index is -0.112. The highest BCUT2D eigenvalue weighted by Gasteiger charge is 2.15. The third kappa shape index (κ3) is 6.72. The maximum absolute atomic E-state index is 12.8. The summed E-state index contributed by atoms with van der Waals surface area (Å²) >= 11 is 3.39. The molecule has 31 heavy (non-hydrogen) atoms. The lowest BCUT2D eigenvalue weighted by Gasteiger charge is -2.19. The molecule has 0 aliphatic carbocycles. The van der Waals surface area contributed by atoms with Gasteiger partial charge in [-0.2, -0.15) is 0 Å². The van der Waals surface area contributed by atoms with E-state index in [1.54, 1.807) is 42.5 Å². The van der Waals surface area contributed by atoms with Crippen molar-refractivity contribution in [3.8, 4) is 17.2 Å². The molecule has 1 heterocycles. The van der Waals surface area contributed by atoms with Gasteiger partial charge < -0.3 is 19.1 Å². The van der Waals surface area contributed by atoms with Crippen LogP contribution >= 0.6 is 15.9 Å². The van der Waals surface area contributed by atoms with E-state index < -0.39 is 0 Å². The summed E-state index contributed by atoms with van der Waals surface area (Å²) in [6, 6.07) is 16.6. The zero-order valence-electron chi connectivity index (χ0n) is 17.6. The molecule has 0 aliphatic rings. The predicted octanol–water partition coefficient (Wildman–Crippen LogP) is 4.97. The Bertz CT molecular complexity index is 981. The molecule has 162 valence electrons. The molecular weight excluding hydrogens is 460 g/mol. The molecule has 0 aliphatic heterocycles. The smallest absolute Gasteiger partial charge is 0.253 e. The molecule has 0 atom stereocenters. The highest BCUT2D eigenvalue weighted by molar-refractivity contribution is 9.10. The molecule has 7 heteroatoms. The molecule has 0 spiro atoms. The zero-order chi connectivity index (χ0) is 22.1. The molecular formula is C24H25BrN2O4. The SMILES string of the molecule is CCOc1cc(C(=O)N(C)CCOc2ccc(Br)cc2)ccc1OCc1cccnc1. The first-order valence-corrected chi connectivity index (χ1v) is 10.8. The first-order chi connectivity index (χ1) is 15.1. The maximum atomic E-state index is 12.8. The second-order valence-corrected chi connectivity index (χ2v) is 7.69. The summed E-state index contributed by atoms with van der Waals surface area (Å²) in [7, 11) is 1.75. The standard InChI is InChI=1S/C24H25BrN2O4/c1-3-29-23-15-19(6-11-22(23)31-17-18-5-4-12-26-16-18)24(28)27(2)13-14-30-21-9-7-20(25)8-10-21/h4-12,15-16H,3,13-14,17H2,1-2H3. The number of ether oxygens (including phenoxy) is 3. The van der Waals surface area contributed by atoms with Crippen LogP contribution in [0, 0.1) is 0 Å². The Morgan fingerprint density at radius 2 is 1.84 bits per heavy atom. The summed E-state index contributed by atoms with van der Waals surface area (Å²) in [5, 5.41) is 0. The van der Waals surface area contributed by atoms with Gasteiger partial charge in [-0.15, -0.1) is 0 Å². The first kappa shape index (κ1) is 22.6. The van der Waals surface area contributed by atoms with E-state index >= 15 is 0 Å². The lowest BCUT2D eigenvalue weighted by Crippen LogP contribution is -2.30. The molecule has 1 aromatic heterocycles. The molecule has 1 amide bonds. The van der Waals surface area contributed by atoms with Crippen LogP contribution in [0.15, 0.2) is 71.5 Å². The van der Waals surface area contributed by atoms with Crippen LogP contribution in [0.2, 0.25) is 0 Å². The maximum Gasteiger partial charge on any atom is 0.253 e. The van der Waals surface area contributed by atoms with E-state index in [-0.39, 0.29) is 5.91 Å². The van der Waals surface area contributed by atoms with E-state index in [2.05, 4.69) is 20.9 Å². The highest BCUT2D eigenvalue weighted by atomic mass is 79.9. The molecule has 0 unspecified atom stereocenters. The minimum absolute atomic E-state index is 0.112. The van der Waals surface area contributed by atoms with Crippen LogP contribution < -0.4 is 14.2 Å². The molecule has 0 N–H and O–H groups in total. The fraction of sp³-hybridized carbons (Fsp3) is 0.250. The number of aromatic nitrogens is 1. The Balaban J connectivity index is 1.60. The zero-order valence-corrected chi connectivity index (χ0v) is 19.2. The molecule has 0 radical (unpaired) electrons. The fourth-order valence-electron chi connectivity index (χ4n) is 2.83. The second-order valence-electron chi connectivity index (χ2n) is 6.77. The van der Waals surface area contributed by atoms with Crippen molar-refractivity contribution in [2.24, 2.45) is 0 Å². The highest BCUT2D eigenvalue weighted by Crippen LogP contribution is 2.29. The van der Waals surface area contributed by atoms with Gasteiger partial charge in [0.05, 0.1) is 13.2 Å². The van der Waals surface area contributed by atoms with Gasteiger partial charge in [0.1, 0.15) is 19.0 Å². The summed E-state index contributed by atoms with van der Waals surface area (Å²) in [6.45, 7) is 3.59. The van der Waals surface area contributed by atoms with Crippen LogP contribution in [0.25, 0.3) is 0 Å². The van der Waals surface area contributed by atoms with E-state index in [1.165, 1.54) is 0 Å². The first-order valence-electron chi connectivity index (χ1n) is 9.99. The summed E-state index contributed by atoms with van der Waals surface area (Å²) < 4.78 is 18.3. The number of nitrogens with zero attached hydrogens (tertiary/aromatic N) is 2. The van der Waals surface area contributed by atoms with Crippen LogP contribution in [0.4, 0.5) is 0 Å². The molecule has 2 aromatic carbocycles. The van der Waals surface area contributed by atoms with Crippen LogP contribution in [0.3, 0.4) is 0 Å². The Morgan fingerprint density at radius 3 is 2.55 bits per heavy atom. The average molecular weight is 485 g/mol. The molecule has 3 rings (SSSR count). The number of amides is 1. The molecule has 0 saturated heterocycles. The number of hydrogen-bond acceptors (Lipinski definition) is 5. The number of hydrogen-bond donors (Lipinski definition) is 0. The number of rotatable bonds is 10. The number of carbonyl (C=O) groups excluding carboxylic acids is 1. The average Bonchev–Trinajstić information content (AvgIpc) is 2.80. The fourth-order valence-corrected chi connectivity index (χ4v) is 3.09. The summed E-state index contributed by atoms with van der Waals surface area (Å²) in [4.78, 5) is 18.5. The van der Waals surface area contributed by atoms with Gasteiger partial charge in [-0.25, -0.2) is 0 Å². The van der Waals surface area contributed by atoms with Gasteiger partial charge in [0.25, 0.3) is 5.91 Å². The van der Waals surface area contributed by atoms with Crippen molar-refractivity contribution in [1.82, 2.24) is 9.88 Å². The Labute approximate surface area is 190 Å². The van der Waals surface area contributed by atoms with E-state index in [1.807, 2.05) is 43.3 Å². The van der Waals surface area contributed by atoms with Crippen LogP contribution in [-0.4, -0.2) is 42.6 Å². The van der Waals surface area contributed by atoms with E-state index in [0.29, 0.717) is 43.4 Å². The van der Waals surface area contributed by atoms with Crippen molar-refractivity contribution in [2.45, 2.75) is 13.5 Å². The topological polar surface area (TPSA) is 60.9 Å². The van der Waals surface area contributed by atoms with Crippen molar-refractivity contribution in [2.75, 3.05) is 26.8 Å². The molecule has 0 fully saturated rings. The summed E-state index contributed by atoms with van der Waals surface area (Å²) in [6.07, 6.45) is 3.47. The van der Waals surface area contributed by atoms with Gasteiger partial charge in [-0.3, -0.25) is 9.78 Å². The molecule has 3 aromatic rings. The van der Waals surface area contributed by atoms with Gasteiger partial charge in [-0.1, -0.05) is 22.0 Å². The Hall–Kier alpha value is -3.06. The summed E-state index contributed by atoms with van der Waals surface area (Å²) in [5.41, 5.74) is 1.49. The van der Waals surface area contributed by atoms with Crippen molar-refractivity contribution in [3.63, 3.8) is 0 Å². The number of likely N-dealkylation sites (N-methyl/N-ethyl adjacent to an activating group) is 1. The molecule has 6 nitrogen and oxygen atoms in total. The monoisotopic (exact) mass is 484 g/mol. The van der Waals surface area contributed by atoms with E-state index in [4.69, 9.17) is 14.2 Å². The third-order valence-electron chi connectivity index (χ3n) is 4.46. The van der Waals surface area contributed by atoms with Crippen molar-refractivity contribution in [3.05, 3.63) is 82.6 Å². The van der Waals surface area contributed by atoms with Crippen molar-refractivity contribution >= 4 is 21.8 Å². The van der Waals surface area contributed by atoms with Crippen LogP contribution in [0.1, 0.15) is 22.8 Å². The number of halogens is 1. The Morgan fingerprint density at radius 1 is 1.03 bits per heavy atom. The van der Waals surface area contributed by atoms with Gasteiger partial charge in [-0.05, 0) is 55.5 Å². The Kier molecular flexibility index (Phi) is 8.29. The quantitative estimate of drug-likeness (QED) is 0.406. The molecule has 0 saturated carbocycles. The van der Waals surface area contributed by atoms with E-state index in [9.17, 15) is 4.79 Å². The van der Waals surface area contributed by atoms with Crippen LogP contribution in [-0.2, 0) is 6.61 Å². The number of benzene rings is 2. The molecule has 0 bridgehead atoms. The van der Waals surface area contributed by atoms with Gasteiger partial charge in [0.2, 0.25) is 0 Å². The number of carbonyl (C=O) groups is 1. The normalized spacial score (nSPS) is 10.4. The summed E-state index contributed by atoms with van der Waals surface area (Å²) in [5.74, 6) is 1.78. The van der Waals surface area contributed by atoms with Crippen molar-refractivity contribution < 1.29 is 19.0 Å². The van der Waals surface area contributed by atoms with Gasteiger partial charge in [0, 0.05) is 35.0 Å². The van der Waals surface area contributed by atoms with Gasteiger partial charge in [0.15, 0.2) is 11.5 Å².